The third kappa shape index (κ3) is 5.65. The van der Waals surface area contributed by atoms with Crippen LogP contribution in [0.3, 0.4) is 0 Å². The average Bonchev–Trinajstić information content (AvgIpc) is 3.85. The van der Waals surface area contributed by atoms with Gasteiger partial charge < -0.3 is 4.42 Å². The Kier molecular flexibility index (Phi) is 7.64. The molecule has 0 bridgehead atoms. The first kappa shape index (κ1) is 32.2. The summed E-state index contributed by atoms with van der Waals surface area (Å²) in [5.41, 5.74) is 11.1. The zero-order chi connectivity index (χ0) is 37.0. The predicted molar refractivity (Wildman–Crippen MR) is 233 cm³/mol. The number of rotatable bonds is 6. The van der Waals surface area contributed by atoms with Gasteiger partial charge in [-0.25, -0.2) is 15.0 Å². The highest BCUT2D eigenvalue weighted by Crippen LogP contribution is 2.41. The molecule has 11 rings (SSSR count). The lowest BCUT2D eigenvalue weighted by Crippen LogP contribution is -2.00. The lowest BCUT2D eigenvalue weighted by Gasteiger charge is -2.12. The van der Waals surface area contributed by atoms with E-state index in [-0.39, 0.29) is 0 Å². The molecule has 0 fully saturated rings. The zero-order valence-electron chi connectivity index (χ0n) is 30.1. The summed E-state index contributed by atoms with van der Waals surface area (Å²) >= 11 is 1.84. The molecule has 0 radical (unpaired) electrons. The Balaban J connectivity index is 1.06. The molecule has 0 N–H and O–H groups in total. The highest BCUT2D eigenvalue weighted by Gasteiger charge is 2.20. The lowest BCUT2D eigenvalue weighted by molar-refractivity contribution is 0.669. The largest absolute Gasteiger partial charge is 0.456 e. The number of hydrogen-bond acceptors (Lipinski definition) is 5. The lowest BCUT2D eigenvalue weighted by atomic mass is 9.96. The van der Waals surface area contributed by atoms with Crippen molar-refractivity contribution in [1.29, 1.82) is 0 Å². The fourth-order valence-corrected chi connectivity index (χ4v) is 8.83. The number of para-hydroxylation sites is 1. The summed E-state index contributed by atoms with van der Waals surface area (Å²) in [5.74, 6) is 1.82. The van der Waals surface area contributed by atoms with E-state index in [1.165, 1.54) is 31.3 Å². The molecule has 0 atom stereocenters. The molecule has 0 spiro atoms. The fraction of sp³-hybridized carbons (Fsp3) is 0. The van der Waals surface area contributed by atoms with E-state index in [1.54, 1.807) is 0 Å². The van der Waals surface area contributed by atoms with Gasteiger partial charge in [-0.05, 0) is 69.8 Å². The number of aromatic nitrogens is 3. The molecule has 8 aromatic carbocycles. The molecule has 5 heteroatoms. The second-order valence-electron chi connectivity index (χ2n) is 14.0. The molecule has 0 amide bonds. The van der Waals surface area contributed by atoms with Crippen LogP contribution in [0.25, 0.3) is 110 Å². The van der Waals surface area contributed by atoms with Crippen LogP contribution >= 0.6 is 11.3 Å². The fourth-order valence-electron chi connectivity index (χ4n) is 7.74. The summed E-state index contributed by atoms with van der Waals surface area (Å²) in [4.78, 5) is 15.4. The maximum atomic E-state index is 6.55. The van der Waals surface area contributed by atoms with Gasteiger partial charge in [-0.3, -0.25) is 0 Å². The molecule has 0 aliphatic heterocycles. The molecule has 0 aliphatic carbocycles. The second kappa shape index (κ2) is 13.3. The molecule has 3 heterocycles. The van der Waals surface area contributed by atoms with Gasteiger partial charge in [0.15, 0.2) is 17.5 Å². The third-order valence-corrected chi connectivity index (χ3v) is 11.7. The van der Waals surface area contributed by atoms with Crippen LogP contribution < -0.4 is 0 Å². The summed E-state index contributed by atoms with van der Waals surface area (Å²) in [7, 11) is 0. The van der Waals surface area contributed by atoms with Gasteiger partial charge in [0.2, 0.25) is 0 Å². The van der Waals surface area contributed by atoms with Gasteiger partial charge in [-0.1, -0.05) is 152 Å². The summed E-state index contributed by atoms with van der Waals surface area (Å²) in [5, 5.41) is 4.60. The number of nitrogens with zero attached hydrogens (tertiary/aromatic N) is 3. The Hall–Kier alpha value is -7.21. The second-order valence-corrected chi connectivity index (χ2v) is 15.1. The van der Waals surface area contributed by atoms with Crippen molar-refractivity contribution in [2.75, 3.05) is 0 Å². The van der Waals surface area contributed by atoms with E-state index in [2.05, 4.69) is 133 Å². The van der Waals surface area contributed by atoms with Crippen molar-refractivity contribution in [1.82, 2.24) is 15.0 Å². The van der Waals surface area contributed by atoms with E-state index in [9.17, 15) is 0 Å². The average molecular weight is 734 g/mol. The predicted octanol–water partition coefficient (Wildman–Crippen LogP) is 14.1. The van der Waals surface area contributed by atoms with Gasteiger partial charge in [0.25, 0.3) is 0 Å². The van der Waals surface area contributed by atoms with Crippen LogP contribution in [0, 0.1) is 0 Å². The minimum absolute atomic E-state index is 0.590. The SMILES string of the molecule is c1ccc(-c2ccc(-c3nc(-c4ccccc4)nc(-c4cc(-c5ccc(-c6ccc7sc8ccccc8c7c6)cc5)cc5oc6ccccc6c45)n3)cc2)cc1. The molecule has 11 aromatic rings. The zero-order valence-corrected chi connectivity index (χ0v) is 30.9. The van der Waals surface area contributed by atoms with Crippen molar-refractivity contribution in [3.63, 3.8) is 0 Å². The minimum atomic E-state index is 0.590. The standard InChI is InChI=1S/C51H31N3OS/c1-3-11-32(12-4-1)33-23-25-37(26-24-33)50-52-49(36-13-5-2-6-14-36)53-51(54-50)43-30-39(31-45-48(43)41-16-7-9-17-44(41)55-45)35-21-19-34(20-22-35)38-27-28-47-42(29-38)40-15-8-10-18-46(40)56-47/h1-31H. The van der Waals surface area contributed by atoms with Crippen LogP contribution in [0.5, 0.6) is 0 Å². The van der Waals surface area contributed by atoms with Gasteiger partial charge >= 0.3 is 0 Å². The Morgan fingerprint density at radius 2 is 0.821 bits per heavy atom. The highest BCUT2D eigenvalue weighted by molar-refractivity contribution is 7.25. The monoisotopic (exact) mass is 733 g/mol. The van der Waals surface area contributed by atoms with Crippen molar-refractivity contribution in [2.45, 2.75) is 0 Å². The van der Waals surface area contributed by atoms with Gasteiger partial charge in [-0.15, -0.1) is 11.3 Å². The third-order valence-electron chi connectivity index (χ3n) is 10.6. The topological polar surface area (TPSA) is 51.8 Å². The normalized spacial score (nSPS) is 11.6. The molecule has 3 aromatic heterocycles. The molecule has 56 heavy (non-hydrogen) atoms. The number of thiophene rings is 1. The Labute approximate surface area is 327 Å². The molecule has 0 unspecified atom stereocenters. The quantitative estimate of drug-likeness (QED) is 0.171. The number of benzene rings is 8. The smallest absolute Gasteiger partial charge is 0.164 e. The molecular formula is C51H31N3OS. The van der Waals surface area contributed by atoms with Crippen LogP contribution in [0.4, 0.5) is 0 Å². The maximum absolute atomic E-state index is 6.55. The number of fused-ring (bicyclic) bond motifs is 6. The van der Waals surface area contributed by atoms with Gasteiger partial charge in [0.05, 0.1) is 0 Å². The first-order valence-corrected chi connectivity index (χ1v) is 19.5. The van der Waals surface area contributed by atoms with Crippen LogP contribution in [-0.2, 0) is 0 Å². The summed E-state index contributed by atoms with van der Waals surface area (Å²) in [6.07, 6.45) is 0. The maximum Gasteiger partial charge on any atom is 0.164 e. The summed E-state index contributed by atoms with van der Waals surface area (Å²) in [6.45, 7) is 0. The Bertz CT molecular complexity index is 3220. The van der Waals surface area contributed by atoms with E-state index in [0.717, 1.165) is 60.9 Å². The Morgan fingerprint density at radius 3 is 1.55 bits per heavy atom. The van der Waals surface area contributed by atoms with Crippen molar-refractivity contribution >= 4 is 53.4 Å². The van der Waals surface area contributed by atoms with Crippen molar-refractivity contribution in [2.24, 2.45) is 0 Å². The number of furan rings is 1. The summed E-state index contributed by atoms with van der Waals surface area (Å²) < 4.78 is 9.17. The highest BCUT2D eigenvalue weighted by atomic mass is 32.1. The molecule has 0 saturated carbocycles. The minimum Gasteiger partial charge on any atom is -0.456 e. The van der Waals surface area contributed by atoms with Crippen molar-refractivity contribution in [3.05, 3.63) is 188 Å². The molecular weight excluding hydrogens is 703 g/mol. The molecule has 262 valence electrons. The van der Waals surface area contributed by atoms with E-state index in [4.69, 9.17) is 19.4 Å². The van der Waals surface area contributed by atoms with Crippen LogP contribution in [0.15, 0.2) is 192 Å². The van der Waals surface area contributed by atoms with E-state index in [0.29, 0.717) is 17.5 Å². The van der Waals surface area contributed by atoms with Crippen molar-refractivity contribution < 1.29 is 4.42 Å². The van der Waals surface area contributed by atoms with Gasteiger partial charge in [0, 0.05) is 47.6 Å². The molecule has 0 aliphatic rings. The molecule has 0 saturated heterocycles. The summed E-state index contributed by atoms with van der Waals surface area (Å²) in [6, 6.07) is 65.7. The first-order chi connectivity index (χ1) is 27.7. The van der Waals surface area contributed by atoms with Crippen LogP contribution in [0.2, 0.25) is 0 Å². The van der Waals surface area contributed by atoms with E-state index < -0.39 is 0 Å². The first-order valence-electron chi connectivity index (χ1n) is 18.7. The molecule has 4 nitrogen and oxygen atoms in total. The van der Waals surface area contributed by atoms with Gasteiger partial charge in [0.1, 0.15) is 11.2 Å². The van der Waals surface area contributed by atoms with Crippen LogP contribution in [0.1, 0.15) is 0 Å². The van der Waals surface area contributed by atoms with Crippen LogP contribution in [-0.4, -0.2) is 15.0 Å². The Morgan fingerprint density at radius 1 is 0.321 bits per heavy atom. The van der Waals surface area contributed by atoms with E-state index in [1.807, 2.05) is 65.9 Å². The number of hydrogen-bond donors (Lipinski definition) is 0. The van der Waals surface area contributed by atoms with Crippen molar-refractivity contribution in [3.8, 4) is 67.5 Å². The van der Waals surface area contributed by atoms with E-state index >= 15 is 0 Å². The van der Waals surface area contributed by atoms with Gasteiger partial charge in [-0.2, -0.15) is 0 Å².